The first-order valence-electron chi connectivity index (χ1n) is 13.3. The maximum Gasteiger partial charge on any atom is 0.303 e. The van der Waals surface area contributed by atoms with Gasteiger partial charge in [0, 0.05) is 57.8 Å². The minimum Gasteiger partial charge on any atom is -0.462 e. The Hall–Kier alpha value is -2.83. The van der Waals surface area contributed by atoms with Gasteiger partial charge in [0.05, 0.1) is 18.1 Å². The fraction of sp³-hybridized carbons (Fsp3) is 0.750. The first-order valence-corrected chi connectivity index (χ1v) is 13.3. The van der Waals surface area contributed by atoms with E-state index < -0.39 is 94.0 Å². The van der Waals surface area contributed by atoms with Crippen LogP contribution < -0.4 is 0 Å². The van der Waals surface area contributed by atoms with Crippen molar-refractivity contribution in [2.24, 2.45) is 22.7 Å². The lowest BCUT2D eigenvalue weighted by Crippen LogP contribution is -2.80. The molecular formula is C28H38O12. The Morgan fingerprint density at radius 3 is 1.95 bits per heavy atom. The number of hydrogen-bond donors (Lipinski definition) is 2. The normalized spacial score (nSPS) is 45.9. The van der Waals surface area contributed by atoms with E-state index in [1.165, 1.54) is 20.8 Å². The molecule has 3 aliphatic carbocycles. The lowest BCUT2D eigenvalue weighted by atomic mass is 9.44. The summed E-state index contributed by atoms with van der Waals surface area (Å²) in [6, 6.07) is 0. The number of hydrogen-bond acceptors (Lipinski definition) is 12. The third kappa shape index (κ3) is 3.93. The van der Waals surface area contributed by atoms with Gasteiger partial charge < -0.3 is 33.9 Å². The number of aliphatic hydroxyl groups is 2. The molecule has 0 aromatic heterocycles. The zero-order chi connectivity index (χ0) is 30.2. The van der Waals surface area contributed by atoms with Gasteiger partial charge in [-0.2, -0.15) is 0 Å². The molecule has 4 rings (SSSR count). The van der Waals surface area contributed by atoms with E-state index in [9.17, 15) is 34.2 Å². The van der Waals surface area contributed by atoms with Crippen LogP contribution in [0.15, 0.2) is 12.2 Å². The molecule has 222 valence electrons. The molecule has 0 radical (unpaired) electrons. The summed E-state index contributed by atoms with van der Waals surface area (Å²) < 4.78 is 29.3. The summed E-state index contributed by atoms with van der Waals surface area (Å²) in [6.45, 7) is 13.1. The lowest BCUT2D eigenvalue weighted by Gasteiger charge is -2.64. The molecule has 1 heterocycles. The molecule has 0 aromatic carbocycles. The average molecular weight is 567 g/mol. The second kappa shape index (κ2) is 9.63. The van der Waals surface area contributed by atoms with Crippen molar-refractivity contribution in [3.8, 4) is 0 Å². The second-order valence-electron chi connectivity index (χ2n) is 12.1. The largest absolute Gasteiger partial charge is 0.462 e. The number of fused-ring (bicyclic) bond motifs is 1. The highest BCUT2D eigenvalue weighted by atomic mass is 16.6. The van der Waals surface area contributed by atoms with E-state index in [0.717, 1.165) is 13.8 Å². The van der Waals surface area contributed by atoms with Crippen LogP contribution in [0.25, 0.3) is 0 Å². The van der Waals surface area contributed by atoms with Crippen LogP contribution in [0.1, 0.15) is 61.3 Å². The summed E-state index contributed by atoms with van der Waals surface area (Å²) in [6.07, 6.45) is -7.28. The molecular weight excluding hydrogens is 528 g/mol. The van der Waals surface area contributed by atoms with Gasteiger partial charge in [-0.3, -0.25) is 24.0 Å². The van der Waals surface area contributed by atoms with E-state index in [0.29, 0.717) is 0 Å². The van der Waals surface area contributed by atoms with Crippen LogP contribution in [0, 0.1) is 22.7 Å². The molecule has 0 spiro atoms. The molecule has 0 aromatic rings. The minimum absolute atomic E-state index is 0.171. The van der Waals surface area contributed by atoms with Crippen LogP contribution in [-0.2, 0) is 47.7 Å². The predicted octanol–water partition coefficient (Wildman–Crippen LogP) is 0.785. The number of ether oxygens (including phenoxy) is 5. The quantitative estimate of drug-likeness (QED) is 0.279. The smallest absolute Gasteiger partial charge is 0.303 e. The molecule has 0 amide bonds. The van der Waals surface area contributed by atoms with Crippen molar-refractivity contribution in [1.29, 1.82) is 0 Å². The maximum absolute atomic E-state index is 13.8. The first-order chi connectivity index (χ1) is 18.4. The SMILES string of the molecule is C=C1[C@@H](O)C[C@H](OC(C)=O)[C@@]2(C)[C@@H](OC(C)=O)[C@H](OC(C)=O)[C@]3(O)C4(C)CO[C@]3(C)C(=O)C[C@H]4[C@@H](OC(C)=O)[C@H]12. The van der Waals surface area contributed by atoms with E-state index in [2.05, 4.69) is 6.58 Å². The van der Waals surface area contributed by atoms with Gasteiger partial charge in [-0.25, -0.2) is 0 Å². The van der Waals surface area contributed by atoms with Gasteiger partial charge in [0.15, 0.2) is 23.6 Å². The van der Waals surface area contributed by atoms with Gasteiger partial charge in [-0.15, -0.1) is 0 Å². The van der Waals surface area contributed by atoms with Gasteiger partial charge in [0.25, 0.3) is 0 Å². The monoisotopic (exact) mass is 566 g/mol. The minimum atomic E-state index is -2.30. The Balaban J connectivity index is 2.15. The van der Waals surface area contributed by atoms with Crippen molar-refractivity contribution in [2.45, 2.75) is 103 Å². The van der Waals surface area contributed by atoms with Gasteiger partial charge in [0.2, 0.25) is 0 Å². The van der Waals surface area contributed by atoms with Crippen LogP contribution in [0.2, 0.25) is 0 Å². The highest BCUT2D eigenvalue weighted by Crippen LogP contribution is 2.67. The van der Waals surface area contributed by atoms with Crippen molar-refractivity contribution in [3.05, 3.63) is 12.2 Å². The molecule has 1 unspecified atom stereocenters. The van der Waals surface area contributed by atoms with E-state index in [1.54, 1.807) is 13.8 Å². The van der Waals surface area contributed by atoms with Crippen molar-refractivity contribution in [2.75, 3.05) is 6.61 Å². The number of ketones is 1. The summed E-state index contributed by atoms with van der Waals surface area (Å²) >= 11 is 0. The molecule has 40 heavy (non-hydrogen) atoms. The Morgan fingerprint density at radius 1 is 0.900 bits per heavy atom. The maximum atomic E-state index is 13.8. The second-order valence-corrected chi connectivity index (χ2v) is 12.1. The number of aliphatic hydroxyl groups excluding tert-OH is 1. The predicted molar refractivity (Wildman–Crippen MR) is 134 cm³/mol. The van der Waals surface area contributed by atoms with Crippen LogP contribution >= 0.6 is 0 Å². The standard InChI is InChI=1S/C28H38O12/c1-12-18(33)10-20(37-13(2)29)26(7)21(12)22(38-14(3)30)17-9-19(34)27(8)28(35,25(17,6)11-36-27)24(40-16(5)32)23(26)39-15(4)31/h17-18,20-24,33,35H,1,9-11H2,2-8H3/t17-,18-,20-,21-,22+,23-,24-,25?,26+,27+,28-/m0/s1. The first kappa shape index (κ1) is 30.1. The van der Waals surface area contributed by atoms with E-state index in [-0.39, 0.29) is 25.0 Å². The Morgan fingerprint density at radius 2 is 1.43 bits per heavy atom. The van der Waals surface area contributed by atoms with E-state index in [4.69, 9.17) is 23.7 Å². The molecule has 1 aliphatic heterocycles. The number of rotatable bonds is 4. The highest BCUT2D eigenvalue weighted by molar-refractivity contribution is 5.91. The summed E-state index contributed by atoms with van der Waals surface area (Å²) in [5.74, 6) is -5.63. The van der Waals surface area contributed by atoms with Crippen molar-refractivity contribution in [1.82, 2.24) is 0 Å². The Bertz CT molecular complexity index is 1160. The number of esters is 4. The number of carbonyl (C=O) groups is 5. The van der Waals surface area contributed by atoms with Gasteiger partial charge in [-0.1, -0.05) is 20.4 Å². The number of carbonyl (C=O) groups excluding carboxylic acids is 5. The molecule has 12 heteroatoms. The molecule has 4 fully saturated rings. The van der Waals surface area contributed by atoms with Gasteiger partial charge >= 0.3 is 23.9 Å². The summed E-state index contributed by atoms with van der Waals surface area (Å²) in [7, 11) is 0. The Labute approximate surface area is 232 Å². The highest BCUT2D eigenvalue weighted by Gasteiger charge is 2.82. The average Bonchev–Trinajstić information content (AvgIpc) is 2.96. The van der Waals surface area contributed by atoms with E-state index in [1.807, 2.05) is 0 Å². The van der Waals surface area contributed by atoms with Crippen LogP contribution in [0.3, 0.4) is 0 Å². The molecule has 4 bridgehead atoms. The fourth-order valence-corrected chi connectivity index (χ4v) is 7.97. The molecule has 3 saturated carbocycles. The number of Topliss-reactive ketones (excluding diaryl/α,β-unsaturated/α-hetero) is 1. The third-order valence-corrected chi connectivity index (χ3v) is 9.86. The van der Waals surface area contributed by atoms with Crippen LogP contribution in [0.4, 0.5) is 0 Å². The zero-order valence-corrected chi connectivity index (χ0v) is 23.8. The Kier molecular flexibility index (Phi) is 7.25. The summed E-state index contributed by atoms with van der Waals surface area (Å²) in [4.78, 5) is 63.9. The zero-order valence-electron chi connectivity index (χ0n) is 23.8. The topological polar surface area (TPSA) is 172 Å². The van der Waals surface area contributed by atoms with Crippen LogP contribution in [0.5, 0.6) is 0 Å². The van der Waals surface area contributed by atoms with E-state index >= 15 is 0 Å². The molecule has 4 aliphatic rings. The third-order valence-electron chi connectivity index (χ3n) is 9.86. The molecule has 1 saturated heterocycles. The lowest BCUT2D eigenvalue weighted by molar-refractivity contribution is -0.295. The molecule has 12 nitrogen and oxygen atoms in total. The van der Waals surface area contributed by atoms with Crippen LogP contribution in [-0.4, -0.2) is 88.2 Å². The molecule has 11 atom stereocenters. The van der Waals surface area contributed by atoms with Gasteiger partial charge in [-0.05, 0) is 12.5 Å². The van der Waals surface area contributed by atoms with Crippen molar-refractivity contribution >= 4 is 29.7 Å². The molecule has 2 N–H and O–H groups in total. The summed E-state index contributed by atoms with van der Waals surface area (Å²) in [5.41, 5.74) is -6.99. The fourth-order valence-electron chi connectivity index (χ4n) is 7.97. The van der Waals surface area contributed by atoms with Crippen molar-refractivity contribution in [3.63, 3.8) is 0 Å². The van der Waals surface area contributed by atoms with Gasteiger partial charge in [0.1, 0.15) is 17.8 Å². The van der Waals surface area contributed by atoms with Crippen molar-refractivity contribution < 1.29 is 57.9 Å². The summed E-state index contributed by atoms with van der Waals surface area (Å²) in [5, 5.41) is 23.9.